The van der Waals surface area contributed by atoms with E-state index in [1.165, 1.54) is 230 Å². The van der Waals surface area contributed by atoms with Gasteiger partial charge >= 0.3 is 8.80 Å². The van der Waals surface area contributed by atoms with E-state index in [1.807, 2.05) is 0 Å². The summed E-state index contributed by atoms with van der Waals surface area (Å²) < 4.78 is 20.3. The summed E-state index contributed by atoms with van der Waals surface area (Å²) in [7, 11) is -2.60. The minimum Gasteiger partial charge on any atom is -0.374 e. The van der Waals surface area contributed by atoms with Crippen molar-refractivity contribution >= 4 is 8.80 Å². The Bertz CT molecular complexity index is 571. The summed E-state index contributed by atoms with van der Waals surface area (Å²) in [4.78, 5) is 0. The third-order valence-corrected chi connectivity index (χ3v) is 14.3. The molecule has 0 N–H and O–H groups in total. The van der Waals surface area contributed by atoms with E-state index >= 15 is 0 Å². The molecule has 302 valence electrons. The summed E-state index contributed by atoms with van der Waals surface area (Å²) in [6, 6.07) is 0.969. The minimum absolute atomic E-state index is 0.683. The Morgan fingerprint density at radius 1 is 0.280 bits per heavy atom. The second-order valence-corrected chi connectivity index (χ2v) is 18.6. The summed E-state index contributed by atoms with van der Waals surface area (Å²) in [6.45, 7) is 20.7. The van der Waals surface area contributed by atoms with E-state index in [-0.39, 0.29) is 0 Å². The molecule has 0 aliphatic heterocycles. The van der Waals surface area contributed by atoms with Gasteiger partial charge in [0.1, 0.15) is 0 Å². The molecule has 0 aliphatic rings. The van der Waals surface area contributed by atoms with Crippen molar-refractivity contribution in [3.63, 3.8) is 0 Å². The van der Waals surface area contributed by atoms with Crippen LogP contribution in [0.3, 0.4) is 0 Å². The zero-order valence-electron chi connectivity index (χ0n) is 35.7. The molecule has 0 atom stereocenters. The van der Waals surface area contributed by atoms with Crippen LogP contribution < -0.4 is 0 Å². The van der Waals surface area contributed by atoms with Gasteiger partial charge in [-0.1, -0.05) is 175 Å². The standard InChI is InChI=1S/C45H96NO3Si/c1-7-13-16-19-22-25-28-31-34-37-41-46(42-38-35-32-29-26-23-20-17-14-8-2,43-39-36-33-30-27-24-21-18-15-9-3)44-40-45-50(47-10-4,48-11-5)49-12-6/h7-45H2,1-6H3/q+1. The predicted octanol–water partition coefficient (Wildman–Crippen LogP) is 15.0. The molecule has 0 radical (unpaired) electrons. The predicted molar refractivity (Wildman–Crippen MR) is 225 cm³/mol. The lowest BCUT2D eigenvalue weighted by Gasteiger charge is -2.40. The fourth-order valence-electron chi connectivity index (χ4n) is 8.11. The lowest BCUT2D eigenvalue weighted by Crippen LogP contribution is -2.52. The van der Waals surface area contributed by atoms with Crippen molar-refractivity contribution in [2.75, 3.05) is 46.0 Å². The zero-order chi connectivity index (χ0) is 36.7. The van der Waals surface area contributed by atoms with Gasteiger partial charge in [0, 0.05) is 32.3 Å². The van der Waals surface area contributed by atoms with Gasteiger partial charge in [-0.2, -0.15) is 0 Å². The fraction of sp³-hybridized carbons (Fsp3) is 1.00. The first-order valence-corrected chi connectivity index (χ1v) is 25.3. The van der Waals surface area contributed by atoms with Gasteiger partial charge < -0.3 is 17.8 Å². The van der Waals surface area contributed by atoms with E-state index < -0.39 is 8.80 Å². The minimum atomic E-state index is -2.60. The van der Waals surface area contributed by atoms with Gasteiger partial charge in [-0.25, -0.2) is 0 Å². The first kappa shape index (κ1) is 50.1. The monoisotopic (exact) mass is 727 g/mol. The molecule has 0 aromatic rings. The molecule has 0 saturated heterocycles. The largest absolute Gasteiger partial charge is 0.501 e. The van der Waals surface area contributed by atoms with Gasteiger partial charge in [0.15, 0.2) is 0 Å². The topological polar surface area (TPSA) is 27.7 Å². The summed E-state index contributed by atoms with van der Waals surface area (Å²) in [5, 5.41) is 0. The Kier molecular flexibility index (Phi) is 38.8. The number of quaternary nitrogens is 1. The highest BCUT2D eigenvalue weighted by atomic mass is 28.4. The Morgan fingerprint density at radius 3 is 0.740 bits per heavy atom. The van der Waals surface area contributed by atoms with Gasteiger partial charge in [0.2, 0.25) is 0 Å². The van der Waals surface area contributed by atoms with Crippen molar-refractivity contribution in [1.29, 1.82) is 0 Å². The number of unbranched alkanes of at least 4 members (excludes halogenated alkanes) is 27. The number of rotatable bonds is 43. The number of hydrogen-bond acceptors (Lipinski definition) is 3. The van der Waals surface area contributed by atoms with Crippen LogP contribution in [0.2, 0.25) is 6.04 Å². The Morgan fingerprint density at radius 2 is 0.500 bits per heavy atom. The van der Waals surface area contributed by atoms with Crippen molar-refractivity contribution in [3.05, 3.63) is 0 Å². The van der Waals surface area contributed by atoms with E-state index in [2.05, 4.69) is 41.5 Å². The maximum atomic E-state index is 6.31. The van der Waals surface area contributed by atoms with Crippen molar-refractivity contribution in [2.45, 2.75) is 247 Å². The smallest absolute Gasteiger partial charge is 0.374 e. The molecule has 4 nitrogen and oxygen atoms in total. The first-order valence-electron chi connectivity index (χ1n) is 23.3. The summed E-state index contributed by atoms with van der Waals surface area (Å²) in [5.74, 6) is 0. The zero-order valence-corrected chi connectivity index (χ0v) is 36.7. The van der Waals surface area contributed by atoms with Crippen LogP contribution in [0.25, 0.3) is 0 Å². The molecule has 0 amide bonds. The third kappa shape index (κ3) is 30.5. The van der Waals surface area contributed by atoms with Crippen LogP contribution >= 0.6 is 0 Å². The highest BCUT2D eigenvalue weighted by molar-refractivity contribution is 6.60. The van der Waals surface area contributed by atoms with Gasteiger partial charge in [-0.3, -0.25) is 0 Å². The lowest BCUT2D eigenvalue weighted by molar-refractivity contribution is -0.929. The average molecular weight is 727 g/mol. The molecule has 0 spiro atoms. The van der Waals surface area contributed by atoms with Crippen LogP contribution in [0.5, 0.6) is 0 Å². The van der Waals surface area contributed by atoms with Gasteiger partial charge in [-0.05, 0) is 59.3 Å². The highest BCUT2D eigenvalue weighted by Gasteiger charge is 2.41. The molecule has 0 heterocycles. The normalized spacial score (nSPS) is 12.4. The Labute approximate surface area is 318 Å². The molecule has 0 unspecified atom stereocenters. The molecular weight excluding hydrogens is 631 g/mol. The van der Waals surface area contributed by atoms with Crippen molar-refractivity contribution in [3.8, 4) is 0 Å². The molecule has 5 heteroatoms. The van der Waals surface area contributed by atoms with Crippen molar-refractivity contribution in [1.82, 2.24) is 0 Å². The van der Waals surface area contributed by atoms with Crippen molar-refractivity contribution in [2.24, 2.45) is 0 Å². The van der Waals surface area contributed by atoms with E-state index in [0.717, 1.165) is 6.04 Å². The van der Waals surface area contributed by atoms with E-state index in [9.17, 15) is 0 Å². The molecule has 50 heavy (non-hydrogen) atoms. The molecule has 0 bridgehead atoms. The molecular formula is C45H96NO3Si+. The van der Waals surface area contributed by atoms with E-state index in [1.54, 1.807) is 0 Å². The van der Waals surface area contributed by atoms with Gasteiger partial charge in [-0.15, -0.1) is 0 Å². The summed E-state index contributed by atoms with van der Waals surface area (Å²) >= 11 is 0. The van der Waals surface area contributed by atoms with Crippen LogP contribution in [-0.2, 0) is 13.3 Å². The summed E-state index contributed by atoms with van der Waals surface area (Å²) in [6.07, 6.45) is 43.9. The quantitative estimate of drug-likeness (QED) is 0.0356. The maximum Gasteiger partial charge on any atom is 0.501 e. The van der Waals surface area contributed by atoms with Crippen LogP contribution in [0, 0.1) is 0 Å². The Hall–Kier alpha value is 0.0569. The second kappa shape index (κ2) is 38.8. The van der Waals surface area contributed by atoms with E-state index in [4.69, 9.17) is 13.3 Å². The van der Waals surface area contributed by atoms with Crippen LogP contribution in [-0.4, -0.2) is 59.3 Å². The molecule has 0 fully saturated rings. The summed E-state index contributed by atoms with van der Waals surface area (Å²) in [5.41, 5.74) is 0. The molecule has 0 saturated carbocycles. The molecule has 0 rings (SSSR count). The average Bonchev–Trinajstić information content (AvgIpc) is 3.11. The fourth-order valence-corrected chi connectivity index (χ4v) is 10.7. The van der Waals surface area contributed by atoms with Crippen molar-refractivity contribution < 1.29 is 17.8 Å². The van der Waals surface area contributed by atoms with Crippen LogP contribution in [0.1, 0.15) is 241 Å². The second-order valence-electron chi connectivity index (χ2n) is 15.9. The maximum absolute atomic E-state index is 6.31. The first-order chi connectivity index (χ1) is 24.6. The van der Waals surface area contributed by atoms with Crippen LogP contribution in [0.4, 0.5) is 0 Å². The van der Waals surface area contributed by atoms with Gasteiger partial charge in [0.25, 0.3) is 0 Å². The number of hydrogen-bond donors (Lipinski definition) is 0. The lowest BCUT2D eigenvalue weighted by atomic mass is 10.0. The SMILES string of the molecule is CCCCCCCCCCCC[N+](CCCCCCCCCCCC)(CCCCCCCCCCCC)CCC[Si](OCC)(OCC)OCC. The molecule has 0 aromatic heterocycles. The number of nitrogens with zero attached hydrogens (tertiary/aromatic N) is 1. The van der Waals surface area contributed by atoms with Crippen LogP contribution in [0.15, 0.2) is 0 Å². The van der Waals surface area contributed by atoms with E-state index in [0.29, 0.717) is 19.8 Å². The molecule has 0 aliphatic carbocycles. The highest BCUT2D eigenvalue weighted by Crippen LogP contribution is 2.24. The van der Waals surface area contributed by atoms with Gasteiger partial charge in [0.05, 0.1) is 26.2 Å². The third-order valence-electron chi connectivity index (χ3n) is 11.2. The molecule has 0 aromatic carbocycles. The Balaban J connectivity index is 5.31.